The zero-order chi connectivity index (χ0) is 17.3. The summed E-state index contributed by atoms with van der Waals surface area (Å²) in [6, 6.07) is 1.61. The van der Waals surface area contributed by atoms with Crippen LogP contribution in [0, 0.1) is 0 Å². The highest BCUT2D eigenvalue weighted by atomic mass is 16.7. The molecule has 0 unspecified atom stereocenters. The number of aromatic hydroxyl groups is 2. The Bertz CT molecular complexity index is 563. The van der Waals surface area contributed by atoms with E-state index in [1.807, 2.05) is 0 Å². The Morgan fingerprint density at radius 1 is 1.09 bits per heavy atom. The molecular formula is C13H16O10. The van der Waals surface area contributed by atoms with E-state index in [1.165, 1.54) is 0 Å². The third kappa shape index (κ3) is 3.30. The molecule has 10 nitrogen and oxygen atoms in total. The highest BCUT2D eigenvalue weighted by Gasteiger charge is 2.45. The lowest BCUT2D eigenvalue weighted by Gasteiger charge is -2.39. The maximum absolute atomic E-state index is 10.8. The molecular weight excluding hydrogens is 316 g/mol. The minimum Gasteiger partial charge on any atom is -0.504 e. The van der Waals surface area contributed by atoms with E-state index in [-0.39, 0.29) is 0 Å². The molecule has 1 fully saturated rings. The molecule has 23 heavy (non-hydrogen) atoms. The number of carbonyl (C=O) groups is 1. The van der Waals surface area contributed by atoms with E-state index in [9.17, 15) is 30.3 Å². The SMILES string of the molecule is O=C(O)c1cc(O)c(O[C@H]2O[C@H](CO)[C@@H](O)[C@H](O)[C@H]2O)c(O)c1. The van der Waals surface area contributed by atoms with Crippen LogP contribution in [0.4, 0.5) is 0 Å². The monoisotopic (exact) mass is 332 g/mol. The lowest BCUT2D eigenvalue weighted by molar-refractivity contribution is -0.277. The van der Waals surface area contributed by atoms with Gasteiger partial charge in [-0.3, -0.25) is 0 Å². The van der Waals surface area contributed by atoms with Crippen LogP contribution in [0.2, 0.25) is 0 Å². The fourth-order valence-corrected chi connectivity index (χ4v) is 2.12. The van der Waals surface area contributed by atoms with Crippen LogP contribution in [0.15, 0.2) is 12.1 Å². The summed E-state index contributed by atoms with van der Waals surface area (Å²) in [6.45, 7) is -0.680. The van der Waals surface area contributed by atoms with Crippen molar-refractivity contribution in [1.29, 1.82) is 0 Å². The topological polar surface area (TPSA) is 177 Å². The van der Waals surface area contributed by atoms with Gasteiger partial charge in [0.25, 0.3) is 0 Å². The van der Waals surface area contributed by atoms with Gasteiger partial charge in [-0.05, 0) is 12.1 Å². The Hall–Kier alpha value is -2.11. The largest absolute Gasteiger partial charge is 0.504 e. The number of aromatic carboxylic acids is 1. The standard InChI is InChI=1S/C13H16O10/c14-3-7-8(17)9(18)10(19)13(22-7)23-11-5(15)1-4(12(20)21)2-6(11)16/h1-2,7-10,13-19H,3H2,(H,20,21)/t7-,8-,9+,10-,13-/m1/s1. The van der Waals surface area contributed by atoms with Gasteiger partial charge in [0.2, 0.25) is 12.0 Å². The normalized spacial score (nSPS) is 30.9. The quantitative estimate of drug-likeness (QED) is 0.325. The zero-order valence-corrected chi connectivity index (χ0v) is 11.6. The average Bonchev–Trinajstić information content (AvgIpc) is 2.50. The second kappa shape index (κ2) is 6.56. The smallest absolute Gasteiger partial charge is 0.335 e. The Labute approximate surface area is 129 Å². The molecule has 128 valence electrons. The summed E-state index contributed by atoms with van der Waals surface area (Å²) >= 11 is 0. The van der Waals surface area contributed by atoms with Crippen LogP contribution in [-0.4, -0.2) is 79.0 Å². The van der Waals surface area contributed by atoms with Crippen molar-refractivity contribution >= 4 is 5.97 Å². The first-order chi connectivity index (χ1) is 10.8. The van der Waals surface area contributed by atoms with Gasteiger partial charge in [0.1, 0.15) is 24.4 Å². The van der Waals surface area contributed by atoms with Crippen LogP contribution in [0.3, 0.4) is 0 Å². The molecule has 7 N–H and O–H groups in total. The molecule has 1 aliphatic heterocycles. The minimum atomic E-state index is -1.74. The van der Waals surface area contributed by atoms with E-state index in [1.54, 1.807) is 0 Å². The molecule has 1 saturated heterocycles. The van der Waals surface area contributed by atoms with Crippen molar-refractivity contribution in [2.45, 2.75) is 30.7 Å². The molecule has 1 aromatic carbocycles. The van der Waals surface area contributed by atoms with Crippen LogP contribution < -0.4 is 4.74 Å². The summed E-state index contributed by atoms with van der Waals surface area (Å²) < 4.78 is 10.1. The van der Waals surface area contributed by atoms with Crippen LogP contribution in [0.1, 0.15) is 10.4 Å². The number of aliphatic hydroxyl groups is 4. The summed E-state index contributed by atoms with van der Waals surface area (Å²) in [7, 11) is 0. The van der Waals surface area contributed by atoms with Gasteiger partial charge in [-0.25, -0.2) is 4.79 Å². The van der Waals surface area contributed by atoms with Crippen LogP contribution >= 0.6 is 0 Å². The molecule has 0 radical (unpaired) electrons. The lowest BCUT2D eigenvalue weighted by atomic mass is 9.99. The van der Waals surface area contributed by atoms with Gasteiger partial charge in [0.05, 0.1) is 12.2 Å². The van der Waals surface area contributed by atoms with Crippen LogP contribution in [-0.2, 0) is 4.74 Å². The van der Waals surface area contributed by atoms with Crippen molar-refractivity contribution < 1.29 is 50.0 Å². The summed E-state index contributed by atoms with van der Waals surface area (Å²) in [4.78, 5) is 10.8. The van der Waals surface area contributed by atoms with Crippen molar-refractivity contribution in [2.75, 3.05) is 6.61 Å². The van der Waals surface area contributed by atoms with Crippen molar-refractivity contribution in [3.8, 4) is 17.2 Å². The molecule has 0 aliphatic carbocycles. The van der Waals surface area contributed by atoms with Gasteiger partial charge in [0.15, 0.2) is 11.5 Å². The summed E-state index contributed by atoms with van der Waals surface area (Å²) in [5.74, 6) is -3.45. The van der Waals surface area contributed by atoms with Gasteiger partial charge >= 0.3 is 5.97 Å². The average molecular weight is 332 g/mol. The van der Waals surface area contributed by atoms with Crippen molar-refractivity contribution in [3.05, 3.63) is 17.7 Å². The first-order valence-corrected chi connectivity index (χ1v) is 6.52. The first kappa shape index (κ1) is 17.2. The molecule has 0 spiro atoms. The fraction of sp³-hybridized carbons (Fsp3) is 0.462. The Morgan fingerprint density at radius 3 is 2.13 bits per heavy atom. The van der Waals surface area contributed by atoms with Gasteiger partial charge in [-0.1, -0.05) is 0 Å². The van der Waals surface area contributed by atoms with Crippen molar-refractivity contribution in [1.82, 2.24) is 0 Å². The molecule has 1 heterocycles. The second-order valence-electron chi connectivity index (χ2n) is 4.96. The highest BCUT2D eigenvalue weighted by molar-refractivity contribution is 5.89. The Morgan fingerprint density at radius 2 is 1.65 bits per heavy atom. The third-order valence-electron chi connectivity index (χ3n) is 3.38. The number of benzene rings is 1. The molecule has 2 rings (SSSR count). The summed E-state index contributed by atoms with van der Waals surface area (Å²) in [5, 5.41) is 66.4. The van der Waals surface area contributed by atoms with Crippen molar-refractivity contribution in [3.63, 3.8) is 0 Å². The molecule has 0 aromatic heterocycles. The number of aliphatic hydroxyl groups excluding tert-OH is 4. The van der Waals surface area contributed by atoms with Gasteiger partial charge < -0.3 is 45.2 Å². The molecule has 1 aliphatic rings. The van der Waals surface area contributed by atoms with Gasteiger partial charge in [-0.2, -0.15) is 0 Å². The van der Waals surface area contributed by atoms with E-state index < -0.39 is 66.1 Å². The number of carboxylic acid groups (broad SMARTS) is 1. The van der Waals surface area contributed by atoms with E-state index >= 15 is 0 Å². The van der Waals surface area contributed by atoms with E-state index in [2.05, 4.69) is 0 Å². The summed E-state index contributed by atoms with van der Waals surface area (Å²) in [6.07, 6.45) is -7.90. The van der Waals surface area contributed by atoms with Gasteiger partial charge in [0, 0.05) is 0 Å². The van der Waals surface area contributed by atoms with Crippen LogP contribution in [0.25, 0.3) is 0 Å². The first-order valence-electron chi connectivity index (χ1n) is 6.52. The predicted molar refractivity (Wildman–Crippen MR) is 71.1 cm³/mol. The molecule has 10 heteroatoms. The number of phenolic OH excluding ortho intramolecular Hbond substituents is 2. The molecule has 5 atom stereocenters. The third-order valence-corrected chi connectivity index (χ3v) is 3.38. The summed E-state index contributed by atoms with van der Waals surface area (Å²) in [5.41, 5.74) is -0.402. The van der Waals surface area contributed by atoms with E-state index in [4.69, 9.17) is 19.7 Å². The number of hydrogen-bond donors (Lipinski definition) is 7. The number of rotatable bonds is 4. The number of hydrogen-bond acceptors (Lipinski definition) is 9. The lowest BCUT2D eigenvalue weighted by Crippen LogP contribution is -2.60. The Kier molecular flexibility index (Phi) is 4.92. The minimum absolute atomic E-state index is 0.402. The number of carboxylic acids is 1. The van der Waals surface area contributed by atoms with Crippen molar-refractivity contribution in [2.24, 2.45) is 0 Å². The molecule has 1 aromatic rings. The highest BCUT2D eigenvalue weighted by Crippen LogP contribution is 2.39. The number of phenols is 2. The predicted octanol–water partition coefficient (Wildman–Crippen LogP) is -2.03. The molecule has 0 bridgehead atoms. The fourth-order valence-electron chi connectivity index (χ4n) is 2.12. The van der Waals surface area contributed by atoms with E-state index in [0.29, 0.717) is 0 Å². The maximum atomic E-state index is 10.8. The van der Waals surface area contributed by atoms with E-state index in [0.717, 1.165) is 12.1 Å². The number of ether oxygens (including phenoxy) is 2. The second-order valence-corrected chi connectivity index (χ2v) is 4.96. The Balaban J connectivity index is 2.26. The zero-order valence-electron chi connectivity index (χ0n) is 11.6. The van der Waals surface area contributed by atoms with Gasteiger partial charge in [-0.15, -0.1) is 0 Å². The maximum Gasteiger partial charge on any atom is 0.335 e. The van der Waals surface area contributed by atoms with Crippen LogP contribution in [0.5, 0.6) is 17.2 Å². The molecule has 0 amide bonds. The molecule has 0 saturated carbocycles.